The van der Waals surface area contributed by atoms with Crippen LogP contribution in [-0.2, 0) is 17.9 Å². The number of nitro benzene ring substituents is 1. The molecule has 1 aliphatic heterocycles. The molecule has 1 saturated heterocycles. The third-order valence-electron chi connectivity index (χ3n) is 4.46. The molecule has 0 atom stereocenters. The van der Waals surface area contributed by atoms with Crippen LogP contribution in [0.25, 0.3) is 0 Å². The maximum absolute atomic E-state index is 12.4. The third kappa shape index (κ3) is 4.67. The summed E-state index contributed by atoms with van der Waals surface area (Å²) in [5, 5.41) is 10.9. The molecular formula is C17H19N5O5. The van der Waals surface area contributed by atoms with Crippen molar-refractivity contribution < 1.29 is 9.72 Å². The SMILES string of the molecule is O=C(Cn1ccc(=O)[nH]c1=O)N1CCN(Cc2cccc([N+](=O)[O-])c2)CC1. The summed E-state index contributed by atoms with van der Waals surface area (Å²) < 4.78 is 1.17. The Hall–Kier alpha value is -3.27. The molecule has 0 radical (unpaired) electrons. The summed E-state index contributed by atoms with van der Waals surface area (Å²) >= 11 is 0. The summed E-state index contributed by atoms with van der Waals surface area (Å²) in [5.41, 5.74) is -0.199. The van der Waals surface area contributed by atoms with Crippen LogP contribution in [0.1, 0.15) is 5.56 Å². The summed E-state index contributed by atoms with van der Waals surface area (Å²) in [5.74, 6) is -0.195. The molecule has 1 aromatic heterocycles. The molecule has 0 unspecified atom stereocenters. The van der Waals surface area contributed by atoms with E-state index in [1.54, 1.807) is 17.0 Å². The smallest absolute Gasteiger partial charge is 0.328 e. The number of amides is 1. The van der Waals surface area contributed by atoms with Crippen LogP contribution in [0.4, 0.5) is 5.69 Å². The summed E-state index contributed by atoms with van der Waals surface area (Å²) in [4.78, 5) is 51.5. The second kappa shape index (κ2) is 7.96. The first-order valence-corrected chi connectivity index (χ1v) is 8.45. The Kier molecular flexibility index (Phi) is 5.46. The number of carbonyl (C=O) groups excluding carboxylic acids is 1. The molecule has 142 valence electrons. The lowest BCUT2D eigenvalue weighted by Crippen LogP contribution is -2.49. The quantitative estimate of drug-likeness (QED) is 0.572. The Bertz CT molecular complexity index is 958. The number of hydrogen-bond acceptors (Lipinski definition) is 6. The molecule has 10 nitrogen and oxygen atoms in total. The van der Waals surface area contributed by atoms with Gasteiger partial charge in [0.05, 0.1) is 4.92 Å². The van der Waals surface area contributed by atoms with E-state index in [-0.39, 0.29) is 18.1 Å². The summed E-state index contributed by atoms with van der Waals surface area (Å²) in [6.07, 6.45) is 1.30. The highest BCUT2D eigenvalue weighted by atomic mass is 16.6. The van der Waals surface area contributed by atoms with Crippen LogP contribution in [0.2, 0.25) is 0 Å². The Balaban J connectivity index is 1.54. The standard InChI is InChI=1S/C17H19N5O5/c23-15-4-5-21(17(25)18-15)12-16(24)20-8-6-19(7-9-20)11-13-2-1-3-14(10-13)22(26)27/h1-5,10H,6-9,11-12H2,(H,18,23,25). The van der Waals surface area contributed by atoms with Crippen LogP contribution in [0.3, 0.4) is 0 Å². The van der Waals surface area contributed by atoms with Gasteiger partial charge in [-0.05, 0) is 5.56 Å². The molecule has 3 rings (SSSR count). The third-order valence-corrected chi connectivity index (χ3v) is 4.46. The van der Waals surface area contributed by atoms with Gasteiger partial charge >= 0.3 is 5.69 Å². The first kappa shape index (κ1) is 18.5. The molecule has 1 fully saturated rings. The molecule has 1 N–H and O–H groups in total. The molecule has 0 spiro atoms. The highest BCUT2D eigenvalue weighted by Crippen LogP contribution is 2.15. The summed E-state index contributed by atoms with van der Waals surface area (Å²) in [6.45, 7) is 2.73. The molecule has 10 heteroatoms. The van der Waals surface area contributed by atoms with Crippen molar-refractivity contribution >= 4 is 11.6 Å². The van der Waals surface area contributed by atoms with Crippen molar-refractivity contribution in [1.29, 1.82) is 0 Å². The fraction of sp³-hybridized carbons (Fsp3) is 0.353. The van der Waals surface area contributed by atoms with E-state index in [9.17, 15) is 24.5 Å². The van der Waals surface area contributed by atoms with E-state index in [1.807, 2.05) is 6.07 Å². The number of nitrogens with zero attached hydrogens (tertiary/aromatic N) is 4. The Morgan fingerprint density at radius 3 is 2.56 bits per heavy atom. The maximum Gasteiger partial charge on any atom is 0.328 e. The minimum atomic E-state index is -0.611. The van der Waals surface area contributed by atoms with E-state index in [0.717, 1.165) is 5.56 Å². The number of non-ortho nitro benzene ring substituents is 1. The van der Waals surface area contributed by atoms with Crippen LogP contribution in [-0.4, -0.2) is 56.4 Å². The second-order valence-electron chi connectivity index (χ2n) is 6.32. The zero-order valence-electron chi connectivity index (χ0n) is 14.5. The van der Waals surface area contributed by atoms with Gasteiger partial charge in [0.15, 0.2) is 0 Å². The minimum Gasteiger partial charge on any atom is -0.339 e. The predicted molar refractivity (Wildman–Crippen MR) is 96.3 cm³/mol. The lowest BCUT2D eigenvalue weighted by molar-refractivity contribution is -0.384. The topological polar surface area (TPSA) is 122 Å². The number of hydrogen-bond donors (Lipinski definition) is 1. The number of benzene rings is 1. The number of nitrogens with one attached hydrogen (secondary N) is 1. The number of aromatic amines is 1. The fourth-order valence-electron chi connectivity index (χ4n) is 3.00. The molecule has 1 aliphatic rings. The Morgan fingerprint density at radius 2 is 1.89 bits per heavy atom. The van der Waals surface area contributed by atoms with Gasteiger partial charge in [-0.2, -0.15) is 0 Å². The normalized spacial score (nSPS) is 14.9. The zero-order valence-corrected chi connectivity index (χ0v) is 14.5. The van der Waals surface area contributed by atoms with E-state index >= 15 is 0 Å². The van der Waals surface area contributed by atoms with Crippen LogP contribution in [0.5, 0.6) is 0 Å². The van der Waals surface area contributed by atoms with Gasteiger partial charge in [0.2, 0.25) is 5.91 Å². The molecule has 27 heavy (non-hydrogen) atoms. The number of rotatable bonds is 5. The molecular weight excluding hydrogens is 354 g/mol. The first-order chi connectivity index (χ1) is 12.9. The second-order valence-corrected chi connectivity index (χ2v) is 6.32. The molecule has 1 aromatic carbocycles. The average molecular weight is 373 g/mol. The van der Waals surface area contributed by atoms with Crippen molar-refractivity contribution in [2.75, 3.05) is 26.2 Å². The Labute approximate surface area is 153 Å². The number of nitro groups is 1. The monoisotopic (exact) mass is 373 g/mol. The van der Waals surface area contributed by atoms with E-state index in [0.29, 0.717) is 32.7 Å². The van der Waals surface area contributed by atoms with Crippen molar-refractivity contribution in [3.05, 3.63) is 73.0 Å². The molecule has 0 bridgehead atoms. The van der Waals surface area contributed by atoms with E-state index in [4.69, 9.17) is 0 Å². The van der Waals surface area contributed by atoms with Gasteiger partial charge in [-0.1, -0.05) is 12.1 Å². The van der Waals surface area contributed by atoms with Gasteiger partial charge in [0.25, 0.3) is 11.2 Å². The van der Waals surface area contributed by atoms with E-state index < -0.39 is 16.2 Å². The van der Waals surface area contributed by atoms with Crippen molar-refractivity contribution in [3.63, 3.8) is 0 Å². The average Bonchev–Trinajstić information content (AvgIpc) is 2.65. The van der Waals surface area contributed by atoms with Gasteiger partial charge < -0.3 is 4.90 Å². The molecule has 0 aliphatic carbocycles. The molecule has 2 aromatic rings. The predicted octanol–water partition coefficient (Wildman–Crippen LogP) is -0.211. The lowest BCUT2D eigenvalue weighted by atomic mass is 10.1. The highest BCUT2D eigenvalue weighted by Gasteiger charge is 2.22. The Morgan fingerprint density at radius 1 is 1.15 bits per heavy atom. The van der Waals surface area contributed by atoms with Crippen molar-refractivity contribution in [3.8, 4) is 0 Å². The number of H-pyrrole nitrogens is 1. The van der Waals surface area contributed by atoms with Crippen molar-refractivity contribution in [2.45, 2.75) is 13.1 Å². The molecule has 2 heterocycles. The van der Waals surface area contributed by atoms with Crippen LogP contribution in [0.15, 0.2) is 46.1 Å². The number of carbonyl (C=O) groups is 1. The number of aromatic nitrogens is 2. The largest absolute Gasteiger partial charge is 0.339 e. The van der Waals surface area contributed by atoms with Crippen molar-refractivity contribution in [2.24, 2.45) is 0 Å². The lowest BCUT2D eigenvalue weighted by Gasteiger charge is -2.34. The summed E-state index contributed by atoms with van der Waals surface area (Å²) in [7, 11) is 0. The van der Waals surface area contributed by atoms with E-state index in [1.165, 1.54) is 22.9 Å². The van der Waals surface area contributed by atoms with Gasteiger partial charge in [-0.3, -0.25) is 34.2 Å². The number of piperazine rings is 1. The van der Waals surface area contributed by atoms with Crippen LogP contribution < -0.4 is 11.2 Å². The summed E-state index contributed by atoms with van der Waals surface area (Å²) in [6, 6.07) is 7.72. The van der Waals surface area contributed by atoms with Gasteiger partial charge in [0.1, 0.15) is 6.54 Å². The van der Waals surface area contributed by atoms with Crippen LogP contribution >= 0.6 is 0 Å². The molecule has 0 saturated carbocycles. The van der Waals surface area contributed by atoms with Crippen LogP contribution in [0, 0.1) is 10.1 Å². The first-order valence-electron chi connectivity index (χ1n) is 8.45. The molecule has 1 amide bonds. The maximum atomic E-state index is 12.4. The minimum absolute atomic E-state index is 0.0626. The van der Waals surface area contributed by atoms with Gasteiger partial charge in [-0.15, -0.1) is 0 Å². The van der Waals surface area contributed by atoms with Gasteiger partial charge in [-0.25, -0.2) is 4.79 Å². The van der Waals surface area contributed by atoms with E-state index in [2.05, 4.69) is 9.88 Å². The zero-order chi connectivity index (χ0) is 19.4. The fourth-order valence-corrected chi connectivity index (χ4v) is 3.00. The van der Waals surface area contributed by atoms with Crippen molar-refractivity contribution in [1.82, 2.24) is 19.4 Å². The van der Waals surface area contributed by atoms with Gasteiger partial charge in [0, 0.05) is 57.1 Å². The highest BCUT2D eigenvalue weighted by molar-refractivity contribution is 5.76.